The van der Waals surface area contributed by atoms with Crippen molar-refractivity contribution in [3.05, 3.63) is 53.3 Å². The highest BCUT2D eigenvalue weighted by Gasteiger charge is 2.32. The van der Waals surface area contributed by atoms with Gasteiger partial charge >= 0.3 is 6.18 Å². The largest absolute Gasteiger partial charge is 0.393 e. The van der Waals surface area contributed by atoms with E-state index < -0.39 is 23.4 Å². The van der Waals surface area contributed by atoms with Crippen molar-refractivity contribution in [3.8, 4) is 0 Å². The fourth-order valence-corrected chi connectivity index (χ4v) is 4.54. The lowest BCUT2D eigenvalue weighted by molar-refractivity contribution is -0.132. The number of hydrogen-bond acceptors (Lipinski definition) is 3. The van der Waals surface area contributed by atoms with Gasteiger partial charge in [0.2, 0.25) is 5.91 Å². The summed E-state index contributed by atoms with van der Waals surface area (Å²) in [6, 6.07) is 5.68. The van der Waals surface area contributed by atoms with Crippen molar-refractivity contribution in [2.24, 2.45) is 7.05 Å². The second kappa shape index (κ2) is 7.84. The molecule has 146 valence electrons. The first-order chi connectivity index (χ1) is 12.7. The summed E-state index contributed by atoms with van der Waals surface area (Å²) in [6.45, 7) is 0.354. The molecule has 0 aliphatic carbocycles. The molecule has 0 N–H and O–H groups in total. The molecule has 2 atom stereocenters. The summed E-state index contributed by atoms with van der Waals surface area (Å²) in [4.78, 5) is 14.5. The van der Waals surface area contributed by atoms with Gasteiger partial charge in [-0.25, -0.2) is 0 Å². The number of rotatable bonds is 4. The van der Waals surface area contributed by atoms with E-state index in [-0.39, 0.29) is 23.9 Å². The molecule has 9 heteroatoms. The van der Waals surface area contributed by atoms with Crippen LogP contribution in [-0.4, -0.2) is 49.0 Å². The van der Waals surface area contributed by atoms with Crippen LogP contribution < -0.4 is 0 Å². The number of aromatic nitrogens is 2. The SMILES string of the molecule is Cn1cc(C2CS(=O)CCN2C(=O)Cc2cccc(CC(F)(F)F)c2)cn1. The molecule has 5 nitrogen and oxygen atoms in total. The number of carbonyl (C=O) groups is 1. The predicted molar refractivity (Wildman–Crippen MR) is 95.4 cm³/mol. The van der Waals surface area contributed by atoms with E-state index in [9.17, 15) is 22.2 Å². The average Bonchev–Trinajstić information content (AvgIpc) is 3.00. The molecule has 2 heterocycles. The number of aryl methyl sites for hydroxylation is 1. The zero-order chi connectivity index (χ0) is 19.6. The van der Waals surface area contributed by atoms with Crippen LogP contribution in [-0.2, 0) is 35.5 Å². The number of benzene rings is 1. The Balaban J connectivity index is 1.76. The molecule has 1 aromatic heterocycles. The van der Waals surface area contributed by atoms with Crippen molar-refractivity contribution >= 4 is 16.7 Å². The molecule has 0 saturated carbocycles. The maximum atomic E-state index is 12.8. The highest BCUT2D eigenvalue weighted by Crippen LogP contribution is 2.26. The van der Waals surface area contributed by atoms with Crippen molar-refractivity contribution in [2.75, 3.05) is 18.1 Å². The van der Waals surface area contributed by atoms with Gasteiger partial charge in [-0.1, -0.05) is 24.3 Å². The monoisotopic (exact) mass is 399 g/mol. The third-order valence-corrected chi connectivity index (χ3v) is 5.79. The summed E-state index contributed by atoms with van der Waals surface area (Å²) in [7, 11) is 0.749. The highest BCUT2D eigenvalue weighted by atomic mass is 32.2. The number of carbonyl (C=O) groups excluding carboxylic acids is 1. The Kier molecular flexibility index (Phi) is 5.69. The van der Waals surface area contributed by atoms with Crippen molar-refractivity contribution in [3.63, 3.8) is 0 Å². The molecule has 1 aliphatic rings. The van der Waals surface area contributed by atoms with Crippen molar-refractivity contribution < 1.29 is 22.2 Å². The van der Waals surface area contributed by atoms with E-state index in [1.54, 1.807) is 35.1 Å². The number of alkyl halides is 3. The van der Waals surface area contributed by atoms with E-state index in [1.165, 1.54) is 18.2 Å². The molecule has 1 aliphatic heterocycles. The second-order valence-corrected chi connectivity index (χ2v) is 8.27. The van der Waals surface area contributed by atoms with Crippen LogP contribution in [0.1, 0.15) is 22.7 Å². The molecular formula is C18H20F3N3O2S. The quantitative estimate of drug-likeness (QED) is 0.793. The first-order valence-corrected chi connectivity index (χ1v) is 9.97. The molecule has 1 aromatic carbocycles. The molecule has 0 bridgehead atoms. The van der Waals surface area contributed by atoms with Crippen LogP contribution in [0.4, 0.5) is 13.2 Å². The van der Waals surface area contributed by atoms with Crippen LogP contribution in [0.5, 0.6) is 0 Å². The van der Waals surface area contributed by atoms with Crippen molar-refractivity contribution in [1.82, 2.24) is 14.7 Å². The average molecular weight is 399 g/mol. The molecule has 1 amide bonds. The van der Waals surface area contributed by atoms with Crippen molar-refractivity contribution in [1.29, 1.82) is 0 Å². The number of amides is 1. The van der Waals surface area contributed by atoms with Gasteiger partial charge in [-0.3, -0.25) is 13.7 Å². The number of halogens is 3. The van der Waals surface area contributed by atoms with Gasteiger partial charge in [-0.05, 0) is 11.1 Å². The lowest BCUT2D eigenvalue weighted by atomic mass is 10.0. The molecule has 0 radical (unpaired) electrons. The van der Waals surface area contributed by atoms with Gasteiger partial charge in [0.05, 0.1) is 25.1 Å². The zero-order valence-corrected chi connectivity index (χ0v) is 15.6. The summed E-state index contributed by atoms with van der Waals surface area (Å²) in [5.41, 5.74) is 1.49. The van der Waals surface area contributed by atoms with Crippen LogP contribution >= 0.6 is 0 Å². The summed E-state index contributed by atoms with van der Waals surface area (Å²) < 4.78 is 51.4. The fourth-order valence-electron chi connectivity index (χ4n) is 3.25. The molecular weight excluding hydrogens is 379 g/mol. The van der Waals surface area contributed by atoms with Crippen LogP contribution in [0.2, 0.25) is 0 Å². The number of nitrogens with zero attached hydrogens (tertiary/aromatic N) is 3. The van der Waals surface area contributed by atoms with E-state index in [1.807, 2.05) is 0 Å². The minimum absolute atomic E-state index is 0.00902. The van der Waals surface area contributed by atoms with Gasteiger partial charge in [0, 0.05) is 47.7 Å². The Morgan fingerprint density at radius 2 is 2.07 bits per heavy atom. The Labute approximate surface area is 157 Å². The Hall–Kier alpha value is -2.16. The van der Waals surface area contributed by atoms with Crippen LogP contribution in [0.3, 0.4) is 0 Å². The Bertz CT molecular complexity index is 850. The maximum Gasteiger partial charge on any atom is 0.393 e. The van der Waals surface area contributed by atoms with E-state index in [0.29, 0.717) is 23.6 Å². The highest BCUT2D eigenvalue weighted by molar-refractivity contribution is 7.85. The summed E-state index contributed by atoms with van der Waals surface area (Å²) in [6.07, 6.45) is -1.86. The standard InChI is InChI=1S/C18H20F3N3O2S/c1-23-11-15(10-22-23)16-12-27(26)6-5-24(16)17(25)8-13-3-2-4-14(7-13)9-18(19,20)21/h2-4,7,10-11,16H,5-6,8-9,12H2,1H3. The molecule has 2 unspecified atom stereocenters. The normalized spacial score (nSPS) is 20.7. The van der Waals surface area contributed by atoms with Gasteiger partial charge in [0.25, 0.3) is 0 Å². The van der Waals surface area contributed by atoms with Gasteiger partial charge in [-0.2, -0.15) is 18.3 Å². The second-order valence-electron chi connectivity index (χ2n) is 6.65. The maximum absolute atomic E-state index is 12.8. The molecule has 0 spiro atoms. The third-order valence-electron chi connectivity index (χ3n) is 4.46. The lowest BCUT2D eigenvalue weighted by Crippen LogP contribution is -2.45. The van der Waals surface area contributed by atoms with E-state index in [2.05, 4.69) is 5.10 Å². The molecule has 1 saturated heterocycles. The smallest absolute Gasteiger partial charge is 0.333 e. The van der Waals surface area contributed by atoms with Crippen molar-refractivity contribution in [2.45, 2.75) is 25.1 Å². The fraction of sp³-hybridized carbons (Fsp3) is 0.444. The van der Waals surface area contributed by atoms with Crippen LogP contribution in [0.25, 0.3) is 0 Å². The third kappa shape index (κ3) is 5.18. The minimum atomic E-state index is -4.29. The van der Waals surface area contributed by atoms with Crippen LogP contribution in [0.15, 0.2) is 36.7 Å². The topological polar surface area (TPSA) is 55.2 Å². The Morgan fingerprint density at radius 3 is 2.74 bits per heavy atom. The number of hydrogen-bond donors (Lipinski definition) is 0. The molecule has 27 heavy (non-hydrogen) atoms. The molecule has 3 rings (SSSR count). The lowest BCUT2D eigenvalue weighted by Gasteiger charge is -2.35. The zero-order valence-electron chi connectivity index (χ0n) is 14.8. The van der Waals surface area contributed by atoms with Crippen LogP contribution in [0, 0.1) is 0 Å². The van der Waals surface area contributed by atoms with Gasteiger partial charge in [0.15, 0.2) is 0 Å². The predicted octanol–water partition coefficient (Wildman–Crippen LogP) is 2.40. The molecule has 2 aromatic rings. The summed E-state index contributed by atoms with van der Waals surface area (Å²) in [5, 5.41) is 4.11. The van der Waals surface area contributed by atoms with E-state index in [4.69, 9.17) is 0 Å². The molecule has 1 fully saturated rings. The first-order valence-electron chi connectivity index (χ1n) is 8.49. The van der Waals surface area contributed by atoms with Gasteiger partial charge < -0.3 is 4.90 Å². The van der Waals surface area contributed by atoms with E-state index >= 15 is 0 Å². The van der Waals surface area contributed by atoms with E-state index in [0.717, 1.165) is 5.56 Å². The summed E-state index contributed by atoms with van der Waals surface area (Å²) >= 11 is 0. The van der Waals surface area contributed by atoms with Gasteiger partial charge in [-0.15, -0.1) is 0 Å². The minimum Gasteiger partial charge on any atom is -0.333 e. The summed E-state index contributed by atoms with van der Waals surface area (Å²) in [5.74, 6) is 0.548. The Morgan fingerprint density at radius 1 is 1.33 bits per heavy atom. The first kappa shape index (κ1) is 19.6. The van der Waals surface area contributed by atoms with Gasteiger partial charge in [0.1, 0.15) is 0 Å².